The van der Waals surface area contributed by atoms with E-state index in [2.05, 4.69) is 10.6 Å². The molecular formula is C22H23F3N2O6S. The first kappa shape index (κ1) is 25.5. The zero-order valence-corrected chi connectivity index (χ0v) is 18.9. The molecule has 2 aromatic rings. The lowest BCUT2D eigenvalue weighted by Crippen LogP contribution is -2.42. The largest absolute Gasteiger partial charge is 0.501 e. The summed E-state index contributed by atoms with van der Waals surface area (Å²) in [6.07, 6.45) is -0.516. The van der Waals surface area contributed by atoms with Crippen molar-refractivity contribution in [3.8, 4) is 0 Å². The van der Waals surface area contributed by atoms with Gasteiger partial charge in [-0.15, -0.1) is 0 Å². The molecule has 3 rings (SSSR count). The highest BCUT2D eigenvalue weighted by Crippen LogP contribution is 2.32. The smallest absolute Gasteiger partial charge is 0.445 e. The fourth-order valence-corrected chi connectivity index (χ4v) is 4.47. The van der Waals surface area contributed by atoms with E-state index in [4.69, 9.17) is 9.47 Å². The van der Waals surface area contributed by atoms with Crippen molar-refractivity contribution in [1.29, 1.82) is 0 Å². The van der Waals surface area contributed by atoms with Crippen LogP contribution in [-0.2, 0) is 30.7 Å². The number of anilines is 1. The SMILES string of the molecule is CO[C@H]1CC(C(=O)Nc2cccc(S(=O)(=O)C(F)(F)F)c2)[C@H](NC(=O)OCc2ccccc2)C1. The number of alkyl halides is 3. The van der Waals surface area contributed by atoms with E-state index in [0.717, 1.165) is 23.8 Å². The Kier molecular flexibility index (Phi) is 7.82. The quantitative estimate of drug-likeness (QED) is 0.601. The Labute approximate surface area is 194 Å². The van der Waals surface area contributed by atoms with Gasteiger partial charge in [-0.25, -0.2) is 13.2 Å². The van der Waals surface area contributed by atoms with Crippen LogP contribution in [0.15, 0.2) is 59.5 Å². The Bertz CT molecular complexity index is 1120. The zero-order valence-electron chi connectivity index (χ0n) is 18.0. The molecule has 2 amide bonds. The first-order valence-corrected chi connectivity index (χ1v) is 11.7. The third kappa shape index (κ3) is 6.06. The van der Waals surface area contributed by atoms with E-state index in [0.29, 0.717) is 6.42 Å². The van der Waals surface area contributed by atoms with E-state index in [9.17, 15) is 31.2 Å². The van der Waals surface area contributed by atoms with Crippen molar-refractivity contribution in [3.05, 3.63) is 60.2 Å². The molecule has 34 heavy (non-hydrogen) atoms. The summed E-state index contributed by atoms with van der Waals surface area (Å²) in [6.45, 7) is 0.0322. The lowest BCUT2D eigenvalue weighted by molar-refractivity contribution is -0.120. The third-order valence-electron chi connectivity index (χ3n) is 5.42. The summed E-state index contributed by atoms with van der Waals surface area (Å²) in [6, 6.07) is 12.2. The third-order valence-corrected chi connectivity index (χ3v) is 6.91. The van der Waals surface area contributed by atoms with E-state index < -0.39 is 44.2 Å². The minimum absolute atomic E-state index is 0.0322. The van der Waals surface area contributed by atoms with Crippen LogP contribution in [0.3, 0.4) is 0 Å². The van der Waals surface area contributed by atoms with Crippen LogP contribution in [-0.4, -0.2) is 45.2 Å². The Morgan fingerprint density at radius 1 is 1.06 bits per heavy atom. The summed E-state index contributed by atoms with van der Waals surface area (Å²) in [5, 5.41) is 5.07. The van der Waals surface area contributed by atoms with Crippen molar-refractivity contribution in [2.24, 2.45) is 5.92 Å². The average molecular weight is 500 g/mol. The van der Waals surface area contributed by atoms with Gasteiger partial charge in [-0.05, 0) is 36.6 Å². The lowest BCUT2D eigenvalue weighted by atomic mass is 10.0. The topological polar surface area (TPSA) is 111 Å². The number of alkyl carbamates (subject to hydrolysis) is 1. The van der Waals surface area contributed by atoms with Crippen LogP contribution in [0.25, 0.3) is 0 Å². The van der Waals surface area contributed by atoms with Crippen LogP contribution >= 0.6 is 0 Å². The maximum absolute atomic E-state index is 12.9. The number of hydrogen-bond acceptors (Lipinski definition) is 6. The molecule has 1 aliphatic rings. The number of methoxy groups -OCH3 is 1. The Hall–Kier alpha value is -3.12. The fourth-order valence-electron chi connectivity index (χ4n) is 3.66. The number of hydrogen-bond donors (Lipinski definition) is 2. The van der Waals surface area contributed by atoms with Crippen LogP contribution in [0, 0.1) is 5.92 Å². The molecule has 3 atom stereocenters. The molecule has 0 radical (unpaired) electrons. The molecule has 0 heterocycles. The second-order valence-corrected chi connectivity index (χ2v) is 9.66. The molecule has 0 bridgehead atoms. The van der Waals surface area contributed by atoms with Crippen LogP contribution < -0.4 is 10.6 Å². The number of rotatable bonds is 7. The van der Waals surface area contributed by atoms with Gasteiger partial charge in [0.15, 0.2) is 0 Å². The first-order valence-electron chi connectivity index (χ1n) is 10.2. The van der Waals surface area contributed by atoms with Gasteiger partial charge in [0, 0.05) is 18.8 Å². The molecule has 8 nitrogen and oxygen atoms in total. The summed E-state index contributed by atoms with van der Waals surface area (Å²) in [7, 11) is -4.11. The number of carbonyl (C=O) groups excluding carboxylic acids is 2. The molecule has 1 fully saturated rings. The summed E-state index contributed by atoms with van der Waals surface area (Å²) in [5.74, 6) is -1.38. The molecular weight excluding hydrogens is 477 g/mol. The first-order chi connectivity index (χ1) is 16.0. The number of nitrogens with one attached hydrogen (secondary N) is 2. The van der Waals surface area contributed by atoms with E-state index in [1.165, 1.54) is 13.2 Å². The Morgan fingerprint density at radius 3 is 2.41 bits per heavy atom. The molecule has 0 aromatic heterocycles. The van der Waals surface area contributed by atoms with Gasteiger partial charge in [-0.2, -0.15) is 13.2 Å². The van der Waals surface area contributed by atoms with Gasteiger partial charge in [-0.3, -0.25) is 4.79 Å². The number of sulfone groups is 1. The monoisotopic (exact) mass is 500 g/mol. The standard InChI is InChI=1S/C22H23F3N2O6S/c1-32-16-11-18(19(12-16)27-21(29)33-13-14-6-3-2-4-7-14)20(28)26-15-8-5-9-17(10-15)34(30,31)22(23,24)25/h2-10,16,18-19H,11-13H2,1H3,(H,26,28)(H,27,29)/t16-,18?,19+/m0/s1. The van der Waals surface area contributed by atoms with Gasteiger partial charge < -0.3 is 20.1 Å². The second kappa shape index (κ2) is 10.4. The van der Waals surface area contributed by atoms with Crippen LogP contribution in [0.4, 0.5) is 23.7 Å². The van der Waals surface area contributed by atoms with Crippen molar-refractivity contribution in [1.82, 2.24) is 5.32 Å². The highest BCUT2D eigenvalue weighted by molar-refractivity contribution is 7.92. The van der Waals surface area contributed by atoms with Gasteiger partial charge >= 0.3 is 11.6 Å². The summed E-state index contributed by atoms with van der Waals surface area (Å²) < 4.78 is 72.3. The maximum atomic E-state index is 12.9. The maximum Gasteiger partial charge on any atom is 0.501 e. The fraction of sp³-hybridized carbons (Fsp3) is 0.364. The predicted octanol–water partition coefficient (Wildman–Crippen LogP) is 3.64. The molecule has 12 heteroatoms. The van der Waals surface area contributed by atoms with E-state index in [-0.39, 0.29) is 24.8 Å². The van der Waals surface area contributed by atoms with Gasteiger partial charge in [0.2, 0.25) is 5.91 Å². The minimum atomic E-state index is -5.57. The summed E-state index contributed by atoms with van der Waals surface area (Å²) in [5.41, 5.74) is -4.81. The van der Waals surface area contributed by atoms with Crippen LogP contribution in [0.2, 0.25) is 0 Å². The number of amides is 2. The number of halogens is 3. The van der Waals surface area contributed by atoms with Crippen molar-refractivity contribution < 1.29 is 40.7 Å². The molecule has 1 saturated carbocycles. The van der Waals surface area contributed by atoms with Crippen molar-refractivity contribution in [3.63, 3.8) is 0 Å². The number of ether oxygens (including phenoxy) is 2. The molecule has 0 saturated heterocycles. The number of carbonyl (C=O) groups is 2. The van der Waals surface area contributed by atoms with Crippen LogP contribution in [0.5, 0.6) is 0 Å². The lowest BCUT2D eigenvalue weighted by Gasteiger charge is -2.20. The minimum Gasteiger partial charge on any atom is -0.445 e. The van der Waals surface area contributed by atoms with Crippen molar-refractivity contribution in [2.75, 3.05) is 12.4 Å². The zero-order chi connectivity index (χ0) is 24.9. The molecule has 0 aliphatic heterocycles. The Balaban J connectivity index is 1.67. The number of benzene rings is 2. The van der Waals surface area contributed by atoms with Crippen LogP contribution in [0.1, 0.15) is 18.4 Å². The van der Waals surface area contributed by atoms with Crippen molar-refractivity contribution >= 4 is 27.5 Å². The predicted molar refractivity (Wildman–Crippen MR) is 115 cm³/mol. The molecule has 1 aliphatic carbocycles. The molecule has 2 aromatic carbocycles. The van der Waals surface area contributed by atoms with Crippen molar-refractivity contribution in [2.45, 2.75) is 42.0 Å². The Morgan fingerprint density at radius 2 is 1.76 bits per heavy atom. The second-order valence-electron chi connectivity index (χ2n) is 7.71. The molecule has 2 N–H and O–H groups in total. The summed E-state index contributed by atoms with van der Waals surface area (Å²) in [4.78, 5) is 24.2. The van der Waals surface area contributed by atoms with E-state index in [1.54, 1.807) is 24.3 Å². The van der Waals surface area contributed by atoms with Gasteiger partial charge in [0.25, 0.3) is 9.84 Å². The highest BCUT2D eigenvalue weighted by Gasteiger charge is 2.47. The summed E-state index contributed by atoms with van der Waals surface area (Å²) >= 11 is 0. The van der Waals surface area contributed by atoms with Gasteiger partial charge in [-0.1, -0.05) is 36.4 Å². The molecule has 0 spiro atoms. The highest BCUT2D eigenvalue weighted by atomic mass is 32.2. The normalized spacial score (nSPS) is 20.5. The van der Waals surface area contributed by atoms with Gasteiger partial charge in [0.05, 0.1) is 16.9 Å². The average Bonchev–Trinajstić information content (AvgIpc) is 3.21. The molecule has 1 unspecified atom stereocenters. The van der Waals surface area contributed by atoms with E-state index in [1.807, 2.05) is 6.07 Å². The molecule has 184 valence electrons. The van der Waals surface area contributed by atoms with E-state index >= 15 is 0 Å². The van der Waals surface area contributed by atoms with Gasteiger partial charge in [0.1, 0.15) is 6.61 Å².